The molecule has 1 heterocycles. The Labute approximate surface area is 103 Å². The van der Waals surface area contributed by atoms with E-state index in [2.05, 4.69) is 31.9 Å². The lowest BCUT2D eigenvalue weighted by Gasteiger charge is -2.16. The molecule has 0 bridgehead atoms. The molecular formula is C10H5Br2NO2. The number of amides is 2. The Kier molecular flexibility index (Phi) is 2.75. The van der Waals surface area contributed by atoms with E-state index in [9.17, 15) is 9.59 Å². The zero-order chi connectivity index (χ0) is 11.0. The van der Waals surface area contributed by atoms with Gasteiger partial charge in [-0.25, -0.2) is 4.90 Å². The van der Waals surface area contributed by atoms with Gasteiger partial charge in [-0.15, -0.1) is 0 Å². The molecule has 2 amide bonds. The van der Waals surface area contributed by atoms with Gasteiger partial charge in [0.25, 0.3) is 11.8 Å². The molecule has 0 unspecified atom stereocenters. The van der Waals surface area contributed by atoms with Crippen molar-refractivity contribution in [3.05, 3.63) is 39.3 Å². The average Bonchev–Trinajstić information content (AvgIpc) is 2.52. The van der Waals surface area contributed by atoms with Crippen molar-refractivity contribution in [2.45, 2.75) is 0 Å². The van der Waals surface area contributed by atoms with Gasteiger partial charge >= 0.3 is 0 Å². The van der Waals surface area contributed by atoms with Crippen molar-refractivity contribution in [1.82, 2.24) is 0 Å². The summed E-state index contributed by atoms with van der Waals surface area (Å²) in [6.07, 6.45) is 2.52. The summed E-state index contributed by atoms with van der Waals surface area (Å²) in [6, 6.07) is 5.30. The summed E-state index contributed by atoms with van der Waals surface area (Å²) in [7, 11) is 0. The van der Waals surface area contributed by atoms with E-state index in [0.717, 1.165) is 9.37 Å². The van der Waals surface area contributed by atoms with E-state index >= 15 is 0 Å². The molecule has 5 heteroatoms. The highest BCUT2D eigenvalue weighted by Crippen LogP contribution is 2.34. The molecule has 0 aliphatic carbocycles. The average molecular weight is 331 g/mol. The molecule has 15 heavy (non-hydrogen) atoms. The Morgan fingerprint density at radius 3 is 2.20 bits per heavy atom. The third-order valence-electron chi connectivity index (χ3n) is 1.98. The lowest BCUT2D eigenvalue weighted by Crippen LogP contribution is -2.29. The summed E-state index contributed by atoms with van der Waals surface area (Å²) in [5.74, 6) is -0.641. The SMILES string of the molecule is O=C1C=CC(=O)N1c1cccc(Br)c1Br. The quantitative estimate of drug-likeness (QED) is 0.742. The minimum atomic E-state index is -0.321. The smallest absolute Gasteiger partial charge is 0.258 e. The van der Waals surface area contributed by atoms with Gasteiger partial charge in [-0.1, -0.05) is 6.07 Å². The fraction of sp³-hybridized carbons (Fsp3) is 0. The van der Waals surface area contributed by atoms with Crippen molar-refractivity contribution in [2.75, 3.05) is 4.90 Å². The number of rotatable bonds is 1. The fourth-order valence-corrected chi connectivity index (χ4v) is 2.10. The lowest BCUT2D eigenvalue weighted by atomic mass is 10.3. The Hall–Kier alpha value is -0.940. The second-order valence-corrected chi connectivity index (χ2v) is 4.57. The van der Waals surface area contributed by atoms with Gasteiger partial charge in [-0.2, -0.15) is 0 Å². The van der Waals surface area contributed by atoms with Crippen LogP contribution in [0.5, 0.6) is 0 Å². The van der Waals surface area contributed by atoms with Crippen LogP contribution in [-0.4, -0.2) is 11.8 Å². The van der Waals surface area contributed by atoms with Gasteiger partial charge in [0.15, 0.2) is 0 Å². The number of halogens is 2. The van der Waals surface area contributed by atoms with Crippen molar-refractivity contribution in [1.29, 1.82) is 0 Å². The van der Waals surface area contributed by atoms with Crippen molar-refractivity contribution in [3.63, 3.8) is 0 Å². The number of hydrogen-bond acceptors (Lipinski definition) is 2. The van der Waals surface area contributed by atoms with Crippen molar-refractivity contribution >= 4 is 49.4 Å². The van der Waals surface area contributed by atoms with Crippen LogP contribution in [0.4, 0.5) is 5.69 Å². The molecular weight excluding hydrogens is 326 g/mol. The molecule has 0 fully saturated rings. The summed E-state index contributed by atoms with van der Waals surface area (Å²) < 4.78 is 1.49. The first-order valence-electron chi connectivity index (χ1n) is 4.11. The van der Waals surface area contributed by atoms with Crippen LogP contribution >= 0.6 is 31.9 Å². The maximum Gasteiger partial charge on any atom is 0.258 e. The molecule has 1 aliphatic rings. The number of benzene rings is 1. The maximum atomic E-state index is 11.4. The first kappa shape index (κ1) is 10.6. The fourth-order valence-electron chi connectivity index (χ4n) is 1.30. The number of imide groups is 1. The van der Waals surface area contributed by atoms with E-state index in [1.54, 1.807) is 12.1 Å². The van der Waals surface area contributed by atoms with E-state index in [4.69, 9.17) is 0 Å². The normalized spacial score (nSPS) is 15.2. The van der Waals surface area contributed by atoms with Crippen molar-refractivity contribution < 1.29 is 9.59 Å². The largest absolute Gasteiger partial charge is 0.269 e. The van der Waals surface area contributed by atoms with E-state index < -0.39 is 0 Å². The van der Waals surface area contributed by atoms with E-state index in [1.807, 2.05) is 6.07 Å². The van der Waals surface area contributed by atoms with E-state index in [1.165, 1.54) is 12.2 Å². The zero-order valence-corrected chi connectivity index (χ0v) is 10.6. The molecule has 1 aliphatic heterocycles. The van der Waals surface area contributed by atoms with Crippen LogP contribution < -0.4 is 4.90 Å². The Morgan fingerprint density at radius 2 is 1.60 bits per heavy atom. The molecule has 0 aromatic heterocycles. The van der Waals surface area contributed by atoms with Gasteiger partial charge in [-0.3, -0.25) is 9.59 Å². The molecule has 0 saturated heterocycles. The van der Waals surface area contributed by atoms with Crippen LogP contribution in [0.15, 0.2) is 39.3 Å². The molecule has 76 valence electrons. The summed E-state index contributed by atoms with van der Waals surface area (Å²) in [4.78, 5) is 24.0. The number of hydrogen-bond donors (Lipinski definition) is 0. The summed E-state index contributed by atoms with van der Waals surface area (Å²) in [6.45, 7) is 0. The summed E-state index contributed by atoms with van der Waals surface area (Å²) >= 11 is 6.64. The minimum Gasteiger partial charge on any atom is -0.269 e. The second-order valence-electron chi connectivity index (χ2n) is 2.92. The number of nitrogens with zero attached hydrogens (tertiary/aromatic N) is 1. The lowest BCUT2D eigenvalue weighted by molar-refractivity contribution is -0.119. The van der Waals surface area contributed by atoms with Crippen LogP contribution in [0.2, 0.25) is 0 Å². The van der Waals surface area contributed by atoms with Gasteiger partial charge in [-0.05, 0) is 44.0 Å². The maximum absolute atomic E-state index is 11.4. The van der Waals surface area contributed by atoms with Crippen LogP contribution in [0.3, 0.4) is 0 Å². The molecule has 2 rings (SSSR count). The molecule has 0 atom stereocenters. The van der Waals surface area contributed by atoms with Crippen molar-refractivity contribution in [2.24, 2.45) is 0 Å². The Balaban J connectivity index is 2.51. The predicted molar refractivity (Wildman–Crippen MR) is 63.5 cm³/mol. The second kappa shape index (κ2) is 3.90. The van der Waals surface area contributed by atoms with Gasteiger partial charge in [0.05, 0.1) is 10.2 Å². The van der Waals surface area contributed by atoms with E-state index in [-0.39, 0.29) is 11.8 Å². The standard InChI is InChI=1S/C10H5Br2NO2/c11-6-2-1-3-7(10(6)12)13-8(14)4-5-9(13)15/h1-5H. The van der Waals surface area contributed by atoms with Gasteiger partial charge in [0, 0.05) is 16.6 Å². The molecule has 0 spiro atoms. The molecule has 1 aromatic carbocycles. The molecule has 1 aromatic rings. The van der Waals surface area contributed by atoms with Crippen LogP contribution in [0.25, 0.3) is 0 Å². The predicted octanol–water partition coefficient (Wildman–Crippen LogP) is 2.64. The Morgan fingerprint density at radius 1 is 1.00 bits per heavy atom. The third kappa shape index (κ3) is 1.77. The highest BCUT2D eigenvalue weighted by atomic mass is 79.9. The topological polar surface area (TPSA) is 37.4 Å². The molecule has 0 saturated carbocycles. The number of carbonyl (C=O) groups excluding carboxylic acids is 2. The highest BCUT2D eigenvalue weighted by Gasteiger charge is 2.27. The first-order valence-corrected chi connectivity index (χ1v) is 5.70. The van der Waals surface area contributed by atoms with Gasteiger partial charge < -0.3 is 0 Å². The van der Waals surface area contributed by atoms with Gasteiger partial charge in [0.1, 0.15) is 0 Å². The molecule has 0 radical (unpaired) electrons. The number of carbonyl (C=O) groups is 2. The molecule has 3 nitrogen and oxygen atoms in total. The van der Waals surface area contributed by atoms with Gasteiger partial charge in [0.2, 0.25) is 0 Å². The van der Waals surface area contributed by atoms with Crippen molar-refractivity contribution in [3.8, 4) is 0 Å². The molecule has 0 N–H and O–H groups in total. The first-order chi connectivity index (χ1) is 7.11. The third-order valence-corrected chi connectivity index (χ3v) is 4.01. The highest BCUT2D eigenvalue weighted by molar-refractivity contribution is 9.13. The van der Waals surface area contributed by atoms with Crippen LogP contribution in [-0.2, 0) is 9.59 Å². The van der Waals surface area contributed by atoms with Crippen LogP contribution in [0, 0.1) is 0 Å². The van der Waals surface area contributed by atoms with E-state index in [0.29, 0.717) is 10.2 Å². The number of anilines is 1. The summed E-state index contributed by atoms with van der Waals surface area (Å²) in [5, 5.41) is 0. The van der Waals surface area contributed by atoms with Crippen LogP contribution in [0.1, 0.15) is 0 Å². The monoisotopic (exact) mass is 329 g/mol. The summed E-state index contributed by atoms with van der Waals surface area (Å²) in [5.41, 5.74) is 0.546. The Bertz CT molecular complexity index is 464. The minimum absolute atomic E-state index is 0.321. The zero-order valence-electron chi connectivity index (χ0n) is 7.41.